The van der Waals surface area contributed by atoms with Gasteiger partial charge in [-0.25, -0.2) is 0 Å². The van der Waals surface area contributed by atoms with Crippen molar-refractivity contribution < 1.29 is 0 Å². The quantitative estimate of drug-likeness (QED) is 0.682. The van der Waals surface area contributed by atoms with Crippen molar-refractivity contribution in [2.24, 2.45) is 0 Å². The minimum absolute atomic E-state index is 0.135. The zero-order valence-electron chi connectivity index (χ0n) is 14.0. The van der Waals surface area contributed by atoms with E-state index in [2.05, 4.69) is 55.7 Å². The Morgan fingerprint density at radius 3 is 2.22 bits per heavy atom. The van der Waals surface area contributed by atoms with E-state index < -0.39 is 0 Å². The molecule has 23 heavy (non-hydrogen) atoms. The molecule has 2 aromatic carbocycles. The van der Waals surface area contributed by atoms with Crippen LogP contribution in [0.2, 0.25) is 5.02 Å². The van der Waals surface area contributed by atoms with Crippen molar-refractivity contribution in [3.05, 3.63) is 64.2 Å². The van der Waals surface area contributed by atoms with Crippen LogP contribution in [0.4, 0.5) is 5.69 Å². The SMILES string of the molecule is Cc1ccc(Cl)cc1NC(=S)NC(C)c1ccc(C(C)C)cc1. The van der Waals surface area contributed by atoms with Crippen molar-refractivity contribution >= 4 is 34.6 Å². The van der Waals surface area contributed by atoms with Crippen LogP contribution >= 0.6 is 23.8 Å². The fraction of sp³-hybridized carbons (Fsp3) is 0.316. The summed E-state index contributed by atoms with van der Waals surface area (Å²) in [6.07, 6.45) is 0. The van der Waals surface area contributed by atoms with Gasteiger partial charge in [-0.15, -0.1) is 0 Å². The normalized spacial score (nSPS) is 12.1. The zero-order chi connectivity index (χ0) is 17.0. The first-order chi connectivity index (χ1) is 10.9. The third-order valence-electron chi connectivity index (χ3n) is 3.90. The largest absolute Gasteiger partial charge is 0.356 e. The summed E-state index contributed by atoms with van der Waals surface area (Å²) < 4.78 is 0. The molecule has 0 aliphatic heterocycles. The highest BCUT2D eigenvalue weighted by Gasteiger charge is 2.09. The van der Waals surface area contributed by atoms with Gasteiger partial charge < -0.3 is 10.6 Å². The van der Waals surface area contributed by atoms with Gasteiger partial charge in [-0.05, 0) is 60.8 Å². The summed E-state index contributed by atoms with van der Waals surface area (Å²) in [6, 6.07) is 14.5. The van der Waals surface area contributed by atoms with Crippen LogP contribution in [-0.2, 0) is 0 Å². The molecular weight excluding hydrogens is 324 g/mol. The minimum atomic E-state index is 0.135. The molecule has 0 amide bonds. The van der Waals surface area contributed by atoms with E-state index in [1.807, 2.05) is 25.1 Å². The summed E-state index contributed by atoms with van der Waals surface area (Å²) in [6.45, 7) is 8.52. The van der Waals surface area contributed by atoms with E-state index in [4.69, 9.17) is 23.8 Å². The number of benzene rings is 2. The Hall–Kier alpha value is -1.58. The molecule has 1 unspecified atom stereocenters. The molecule has 0 heterocycles. The number of nitrogens with one attached hydrogen (secondary N) is 2. The van der Waals surface area contributed by atoms with Crippen molar-refractivity contribution in [1.82, 2.24) is 5.32 Å². The molecule has 2 rings (SSSR count). The summed E-state index contributed by atoms with van der Waals surface area (Å²) in [5.74, 6) is 0.542. The Bertz CT molecular complexity index is 680. The van der Waals surface area contributed by atoms with Gasteiger partial charge in [-0.3, -0.25) is 0 Å². The average Bonchev–Trinajstić information content (AvgIpc) is 2.51. The van der Waals surface area contributed by atoms with Gasteiger partial charge in [0.25, 0.3) is 0 Å². The Balaban J connectivity index is 2.00. The standard InChI is InChI=1S/C19H23ClN2S/c1-12(2)15-6-8-16(9-7-15)14(4)21-19(23)22-18-11-17(20)10-5-13(18)3/h5-12,14H,1-4H3,(H2,21,22,23). The third kappa shape index (κ3) is 4.95. The Kier molecular flexibility index (Phi) is 6.03. The first-order valence-electron chi connectivity index (χ1n) is 7.80. The predicted molar refractivity (Wildman–Crippen MR) is 104 cm³/mol. The Morgan fingerprint density at radius 2 is 1.61 bits per heavy atom. The smallest absolute Gasteiger partial charge is 0.171 e. The Labute approximate surface area is 149 Å². The van der Waals surface area contributed by atoms with Crippen LogP contribution in [0, 0.1) is 6.92 Å². The van der Waals surface area contributed by atoms with Gasteiger partial charge in [0.2, 0.25) is 0 Å². The number of anilines is 1. The summed E-state index contributed by atoms with van der Waals surface area (Å²) in [7, 11) is 0. The van der Waals surface area contributed by atoms with Gasteiger partial charge >= 0.3 is 0 Å². The van der Waals surface area contributed by atoms with Crippen molar-refractivity contribution in [2.75, 3.05) is 5.32 Å². The molecule has 0 saturated carbocycles. The number of thiocarbonyl (C=S) groups is 1. The molecule has 0 aromatic heterocycles. The molecule has 0 spiro atoms. The summed E-state index contributed by atoms with van der Waals surface area (Å²) in [4.78, 5) is 0. The first-order valence-corrected chi connectivity index (χ1v) is 8.59. The first kappa shape index (κ1) is 17.8. The van der Waals surface area contributed by atoms with Gasteiger partial charge in [0.1, 0.15) is 0 Å². The van der Waals surface area contributed by atoms with Crippen molar-refractivity contribution in [3.8, 4) is 0 Å². The maximum Gasteiger partial charge on any atom is 0.171 e. The molecule has 0 aliphatic rings. The monoisotopic (exact) mass is 346 g/mol. The maximum atomic E-state index is 6.04. The van der Waals surface area contributed by atoms with E-state index >= 15 is 0 Å². The number of rotatable bonds is 4. The lowest BCUT2D eigenvalue weighted by atomic mass is 10.00. The molecule has 2 nitrogen and oxygen atoms in total. The molecule has 0 saturated heterocycles. The van der Waals surface area contributed by atoms with Gasteiger partial charge in [0.05, 0.1) is 6.04 Å². The molecule has 2 N–H and O–H groups in total. The highest BCUT2D eigenvalue weighted by molar-refractivity contribution is 7.80. The van der Waals surface area contributed by atoms with Crippen molar-refractivity contribution in [1.29, 1.82) is 0 Å². The van der Waals surface area contributed by atoms with Crippen LogP contribution in [0.5, 0.6) is 0 Å². The third-order valence-corrected chi connectivity index (χ3v) is 4.35. The van der Waals surface area contributed by atoms with E-state index in [-0.39, 0.29) is 6.04 Å². The maximum absolute atomic E-state index is 6.04. The minimum Gasteiger partial charge on any atom is -0.356 e. The fourth-order valence-corrected chi connectivity index (χ4v) is 2.80. The fourth-order valence-electron chi connectivity index (χ4n) is 2.34. The summed E-state index contributed by atoms with van der Waals surface area (Å²) >= 11 is 11.5. The van der Waals surface area contributed by atoms with Crippen LogP contribution in [0.25, 0.3) is 0 Å². The molecule has 122 valence electrons. The predicted octanol–water partition coefficient (Wildman–Crippen LogP) is 5.82. The van der Waals surface area contributed by atoms with E-state index in [0.29, 0.717) is 16.1 Å². The summed E-state index contributed by atoms with van der Waals surface area (Å²) in [5, 5.41) is 7.82. The van der Waals surface area contributed by atoms with Crippen molar-refractivity contribution in [2.45, 2.75) is 39.7 Å². The second kappa shape index (κ2) is 7.80. The van der Waals surface area contributed by atoms with Crippen LogP contribution in [0.3, 0.4) is 0 Å². The van der Waals surface area contributed by atoms with Gasteiger partial charge in [0, 0.05) is 10.7 Å². The number of hydrogen-bond donors (Lipinski definition) is 2. The van der Waals surface area contributed by atoms with Crippen molar-refractivity contribution in [3.63, 3.8) is 0 Å². The zero-order valence-corrected chi connectivity index (χ0v) is 15.6. The van der Waals surface area contributed by atoms with Crippen LogP contribution in [0.15, 0.2) is 42.5 Å². The topological polar surface area (TPSA) is 24.1 Å². The molecule has 2 aromatic rings. The lowest BCUT2D eigenvalue weighted by molar-refractivity contribution is 0.721. The lowest BCUT2D eigenvalue weighted by Gasteiger charge is -2.19. The molecule has 0 aliphatic carbocycles. The molecule has 0 bridgehead atoms. The second-order valence-electron chi connectivity index (χ2n) is 6.10. The van der Waals surface area contributed by atoms with Crippen LogP contribution < -0.4 is 10.6 Å². The number of hydrogen-bond acceptors (Lipinski definition) is 1. The molecule has 0 radical (unpaired) electrons. The lowest BCUT2D eigenvalue weighted by Crippen LogP contribution is -2.31. The van der Waals surface area contributed by atoms with Gasteiger partial charge in [0.15, 0.2) is 5.11 Å². The molecule has 4 heteroatoms. The number of halogens is 1. The van der Waals surface area contributed by atoms with Crippen LogP contribution in [-0.4, -0.2) is 5.11 Å². The van der Waals surface area contributed by atoms with E-state index in [1.54, 1.807) is 0 Å². The van der Waals surface area contributed by atoms with Gasteiger partial charge in [-0.2, -0.15) is 0 Å². The van der Waals surface area contributed by atoms with Crippen LogP contribution in [0.1, 0.15) is 49.4 Å². The molecular formula is C19H23ClN2S. The molecule has 0 fully saturated rings. The Morgan fingerprint density at radius 1 is 1.00 bits per heavy atom. The molecule has 1 atom stereocenters. The second-order valence-corrected chi connectivity index (χ2v) is 6.95. The van der Waals surface area contributed by atoms with E-state index in [1.165, 1.54) is 11.1 Å². The van der Waals surface area contributed by atoms with E-state index in [9.17, 15) is 0 Å². The highest BCUT2D eigenvalue weighted by atomic mass is 35.5. The average molecular weight is 347 g/mol. The van der Waals surface area contributed by atoms with E-state index in [0.717, 1.165) is 11.3 Å². The van der Waals surface area contributed by atoms with Gasteiger partial charge in [-0.1, -0.05) is 55.8 Å². The number of aryl methyl sites for hydroxylation is 1. The summed E-state index contributed by atoms with van der Waals surface area (Å²) in [5.41, 5.74) is 4.59. The highest BCUT2D eigenvalue weighted by Crippen LogP contribution is 2.21.